The van der Waals surface area contributed by atoms with E-state index in [4.69, 9.17) is 0 Å². The Balaban J connectivity index is 2.10. The zero-order valence-electron chi connectivity index (χ0n) is 12.9. The molecule has 0 heterocycles. The molecule has 0 radical (unpaired) electrons. The summed E-state index contributed by atoms with van der Waals surface area (Å²) in [6.07, 6.45) is 1.13. The Kier molecular flexibility index (Phi) is 5.23. The van der Waals surface area contributed by atoms with Crippen LogP contribution in [0.1, 0.15) is 24.1 Å². The predicted octanol–water partition coefficient (Wildman–Crippen LogP) is 2.27. The van der Waals surface area contributed by atoms with E-state index >= 15 is 0 Å². The van der Waals surface area contributed by atoms with Gasteiger partial charge < -0.3 is 0 Å². The molecule has 5 nitrogen and oxygen atoms in total. The quantitative estimate of drug-likeness (QED) is 0.864. The van der Waals surface area contributed by atoms with Gasteiger partial charge in [0.15, 0.2) is 9.84 Å². The van der Waals surface area contributed by atoms with Gasteiger partial charge in [-0.1, -0.05) is 42.5 Å². The highest BCUT2D eigenvalue weighted by atomic mass is 32.2. The third-order valence-corrected chi connectivity index (χ3v) is 5.92. The Morgan fingerprint density at radius 2 is 1.48 bits per heavy atom. The summed E-state index contributed by atoms with van der Waals surface area (Å²) >= 11 is 0. The van der Waals surface area contributed by atoms with E-state index in [9.17, 15) is 16.8 Å². The topological polar surface area (TPSA) is 80.3 Å². The van der Waals surface area contributed by atoms with Crippen molar-refractivity contribution in [1.82, 2.24) is 4.72 Å². The monoisotopic (exact) mass is 353 g/mol. The number of benzene rings is 2. The first-order chi connectivity index (χ1) is 10.7. The van der Waals surface area contributed by atoms with Crippen LogP contribution in [-0.4, -0.2) is 23.1 Å². The van der Waals surface area contributed by atoms with E-state index in [-0.39, 0.29) is 10.6 Å². The fourth-order valence-corrected chi connectivity index (χ4v) is 4.20. The molecule has 0 bridgehead atoms. The maximum Gasteiger partial charge on any atom is 0.216 e. The van der Waals surface area contributed by atoms with Crippen LogP contribution in [0.15, 0.2) is 59.5 Å². The van der Waals surface area contributed by atoms with Gasteiger partial charge in [-0.3, -0.25) is 0 Å². The van der Waals surface area contributed by atoms with Gasteiger partial charge in [0.25, 0.3) is 0 Å². The maximum atomic E-state index is 12.2. The van der Waals surface area contributed by atoms with Gasteiger partial charge in [-0.05, 0) is 30.2 Å². The molecule has 2 aromatic carbocycles. The summed E-state index contributed by atoms with van der Waals surface area (Å²) in [5.41, 5.74) is 1.41. The van der Waals surface area contributed by atoms with Crippen molar-refractivity contribution in [2.45, 2.75) is 23.6 Å². The van der Waals surface area contributed by atoms with E-state index < -0.39 is 25.9 Å². The van der Waals surface area contributed by atoms with Gasteiger partial charge in [0, 0.05) is 12.3 Å². The minimum absolute atomic E-state index is 0.0976. The third-order valence-electron chi connectivity index (χ3n) is 3.36. The minimum atomic E-state index is -3.49. The van der Waals surface area contributed by atoms with Crippen molar-refractivity contribution in [3.63, 3.8) is 0 Å². The van der Waals surface area contributed by atoms with E-state index in [1.807, 2.05) is 6.07 Å². The lowest BCUT2D eigenvalue weighted by atomic mass is 10.1. The zero-order valence-corrected chi connectivity index (χ0v) is 14.6. The standard InChI is InChI=1S/C16H19NO4S2/c1-13(15-8-10-16(11-9-15)22(2,18)19)17-23(20,21)12-14-6-4-3-5-7-14/h3-11,13,17H,12H2,1-2H3/t13-/m0/s1. The second-order valence-electron chi connectivity index (χ2n) is 5.43. The molecule has 124 valence electrons. The van der Waals surface area contributed by atoms with Crippen LogP contribution < -0.4 is 4.72 Å². The van der Waals surface area contributed by atoms with E-state index in [0.29, 0.717) is 11.1 Å². The Morgan fingerprint density at radius 3 is 2.00 bits per heavy atom. The third kappa shape index (κ3) is 5.16. The molecule has 0 aliphatic carbocycles. The van der Waals surface area contributed by atoms with Crippen LogP contribution in [0.2, 0.25) is 0 Å². The molecule has 0 amide bonds. The molecule has 0 saturated heterocycles. The average Bonchev–Trinajstić information content (AvgIpc) is 2.46. The number of hydrogen-bond donors (Lipinski definition) is 1. The number of rotatable bonds is 6. The molecule has 2 aromatic rings. The number of sulfonamides is 1. The van der Waals surface area contributed by atoms with E-state index in [0.717, 1.165) is 6.26 Å². The molecular formula is C16H19NO4S2. The van der Waals surface area contributed by atoms with Gasteiger partial charge in [-0.15, -0.1) is 0 Å². The van der Waals surface area contributed by atoms with Crippen LogP contribution in [0.4, 0.5) is 0 Å². The van der Waals surface area contributed by atoms with Gasteiger partial charge in [0.05, 0.1) is 10.6 Å². The smallest absolute Gasteiger partial charge is 0.216 e. The second-order valence-corrected chi connectivity index (χ2v) is 9.20. The first-order valence-corrected chi connectivity index (χ1v) is 10.6. The van der Waals surface area contributed by atoms with Gasteiger partial charge in [-0.25, -0.2) is 21.6 Å². The van der Waals surface area contributed by atoms with Crippen LogP contribution in [0, 0.1) is 0 Å². The van der Waals surface area contributed by atoms with Crippen LogP contribution in [-0.2, 0) is 25.6 Å². The molecule has 1 N–H and O–H groups in total. The molecule has 0 unspecified atom stereocenters. The normalized spacial score (nSPS) is 13.7. The lowest BCUT2D eigenvalue weighted by Gasteiger charge is -2.15. The second kappa shape index (κ2) is 6.82. The summed E-state index contributed by atoms with van der Waals surface area (Å²) in [6.45, 7) is 1.72. The lowest BCUT2D eigenvalue weighted by Crippen LogP contribution is -2.28. The Morgan fingerprint density at radius 1 is 0.913 bits per heavy atom. The van der Waals surface area contributed by atoms with E-state index in [1.165, 1.54) is 12.1 Å². The molecule has 1 atom stereocenters. The Bertz CT molecular complexity index is 858. The lowest BCUT2D eigenvalue weighted by molar-refractivity contribution is 0.565. The van der Waals surface area contributed by atoms with Gasteiger partial charge in [0.2, 0.25) is 10.0 Å². The summed E-state index contributed by atoms with van der Waals surface area (Å²) in [4.78, 5) is 0.209. The maximum absolute atomic E-state index is 12.2. The molecule has 23 heavy (non-hydrogen) atoms. The van der Waals surface area contributed by atoms with Crippen molar-refractivity contribution in [1.29, 1.82) is 0 Å². The van der Waals surface area contributed by atoms with Crippen molar-refractivity contribution < 1.29 is 16.8 Å². The molecule has 0 aliphatic heterocycles. The zero-order chi connectivity index (χ0) is 17.1. The van der Waals surface area contributed by atoms with Crippen LogP contribution in [0.3, 0.4) is 0 Å². The molecule has 0 spiro atoms. The van der Waals surface area contributed by atoms with Crippen molar-refractivity contribution in [3.05, 3.63) is 65.7 Å². The molecule has 7 heteroatoms. The van der Waals surface area contributed by atoms with Gasteiger partial charge in [0.1, 0.15) is 0 Å². The molecule has 0 saturated carbocycles. The van der Waals surface area contributed by atoms with E-state index in [1.54, 1.807) is 43.3 Å². The van der Waals surface area contributed by atoms with Gasteiger partial charge >= 0.3 is 0 Å². The van der Waals surface area contributed by atoms with Gasteiger partial charge in [-0.2, -0.15) is 0 Å². The van der Waals surface area contributed by atoms with Crippen LogP contribution in [0.25, 0.3) is 0 Å². The molecular weight excluding hydrogens is 334 g/mol. The van der Waals surface area contributed by atoms with Crippen molar-refractivity contribution in [2.24, 2.45) is 0 Å². The minimum Gasteiger partial charge on any atom is -0.224 e. The molecule has 0 aliphatic rings. The predicted molar refractivity (Wildman–Crippen MR) is 90.2 cm³/mol. The first-order valence-electron chi connectivity index (χ1n) is 7.01. The summed E-state index contributed by atoms with van der Waals surface area (Å²) in [5, 5.41) is 0. The SMILES string of the molecule is C[C@H](NS(=O)(=O)Cc1ccccc1)c1ccc(S(C)(=O)=O)cc1. The number of sulfone groups is 1. The molecule has 0 fully saturated rings. The van der Waals surface area contributed by atoms with Crippen molar-refractivity contribution in [3.8, 4) is 0 Å². The summed E-state index contributed by atoms with van der Waals surface area (Å²) in [6, 6.07) is 14.7. The largest absolute Gasteiger partial charge is 0.224 e. The van der Waals surface area contributed by atoms with Crippen LogP contribution >= 0.6 is 0 Å². The van der Waals surface area contributed by atoms with E-state index in [2.05, 4.69) is 4.72 Å². The fourth-order valence-electron chi connectivity index (χ4n) is 2.18. The molecule has 2 rings (SSSR count). The van der Waals surface area contributed by atoms with Crippen LogP contribution in [0.5, 0.6) is 0 Å². The summed E-state index contributed by atoms with van der Waals surface area (Å²) in [5.74, 6) is -0.0976. The summed E-state index contributed by atoms with van der Waals surface area (Å²) < 4.78 is 49.9. The van der Waals surface area contributed by atoms with Crippen molar-refractivity contribution in [2.75, 3.05) is 6.26 Å². The summed E-state index contributed by atoms with van der Waals surface area (Å²) in [7, 11) is -6.75. The Hall–Kier alpha value is -1.70. The highest BCUT2D eigenvalue weighted by molar-refractivity contribution is 7.90. The average molecular weight is 353 g/mol. The first kappa shape index (κ1) is 17.7. The number of hydrogen-bond acceptors (Lipinski definition) is 4. The Labute approximate surface area is 137 Å². The van der Waals surface area contributed by atoms with Crippen molar-refractivity contribution >= 4 is 19.9 Å². The highest BCUT2D eigenvalue weighted by Gasteiger charge is 2.17. The fraction of sp³-hybridized carbons (Fsp3) is 0.250. The highest BCUT2D eigenvalue weighted by Crippen LogP contribution is 2.18. The molecule has 0 aromatic heterocycles. The number of nitrogens with one attached hydrogen (secondary N) is 1.